The van der Waals surface area contributed by atoms with Crippen molar-refractivity contribution in [1.29, 1.82) is 0 Å². The molecule has 0 aromatic heterocycles. The summed E-state index contributed by atoms with van der Waals surface area (Å²) < 4.78 is 16.6. The van der Waals surface area contributed by atoms with E-state index in [1.54, 1.807) is 11.5 Å². The predicted octanol–water partition coefficient (Wildman–Crippen LogP) is 1.96. The highest BCUT2D eigenvalue weighted by Gasteiger charge is 2.50. The van der Waals surface area contributed by atoms with E-state index in [9.17, 15) is 9.59 Å². The minimum atomic E-state index is -0.750. The maximum Gasteiger partial charge on any atom is 0.335 e. The predicted molar refractivity (Wildman–Crippen MR) is 106 cm³/mol. The molecule has 152 valence electrons. The molecule has 1 aliphatic carbocycles. The molecule has 7 nitrogen and oxygen atoms in total. The number of carbonyl (C=O) groups excluding carboxylic acids is 2. The van der Waals surface area contributed by atoms with Crippen LogP contribution in [0.15, 0.2) is 42.5 Å². The van der Waals surface area contributed by atoms with Crippen molar-refractivity contribution in [3.05, 3.63) is 70.3 Å². The Morgan fingerprint density at radius 1 is 1.17 bits per heavy atom. The third-order valence-corrected chi connectivity index (χ3v) is 5.76. The van der Waals surface area contributed by atoms with Gasteiger partial charge in [0, 0.05) is 18.7 Å². The summed E-state index contributed by atoms with van der Waals surface area (Å²) in [6.07, 6.45) is 2.03. The molecule has 29 heavy (non-hydrogen) atoms. The Hall–Kier alpha value is -2.84. The van der Waals surface area contributed by atoms with Crippen molar-refractivity contribution >= 4 is 23.4 Å². The Morgan fingerprint density at radius 2 is 1.86 bits per heavy atom. The summed E-state index contributed by atoms with van der Waals surface area (Å²) >= 11 is -0.750. The zero-order valence-electron chi connectivity index (χ0n) is 16.0. The topological polar surface area (TPSA) is 104 Å². The summed E-state index contributed by atoms with van der Waals surface area (Å²) in [6.45, 7) is 3.42. The molecular weight excluding hydrogens is 392 g/mol. The second-order valence-electron chi connectivity index (χ2n) is 7.55. The van der Waals surface area contributed by atoms with Gasteiger partial charge in [0.15, 0.2) is 0 Å². The molecule has 1 aliphatic heterocycles. The number of fused-ring (bicyclic) bond motifs is 1. The van der Waals surface area contributed by atoms with E-state index in [2.05, 4.69) is 31.2 Å². The standard InChI is InChI=1S/C21H22N2O3.O2S/c1-14-5-7-15(8-6-14)13-23-10-9-21(20(23)25)11-16-3-2-4-17(18(16)12-21)19(24)22-26;1-3-2/h2-8,26H,9-13H2,1H3,(H,22,24);. The molecule has 2 N–H and O–H groups in total. The number of hydrogen-bond donors (Lipinski definition) is 2. The van der Waals surface area contributed by atoms with E-state index in [0.29, 0.717) is 24.9 Å². The van der Waals surface area contributed by atoms with Crippen molar-refractivity contribution in [2.75, 3.05) is 6.54 Å². The van der Waals surface area contributed by atoms with Crippen LogP contribution in [0.1, 0.15) is 39.0 Å². The van der Waals surface area contributed by atoms with Gasteiger partial charge in [-0.15, -0.1) is 0 Å². The quantitative estimate of drug-likeness (QED) is 0.590. The summed E-state index contributed by atoms with van der Waals surface area (Å²) in [5.41, 5.74) is 6.01. The number of aryl methyl sites for hydroxylation is 1. The van der Waals surface area contributed by atoms with E-state index >= 15 is 0 Å². The third-order valence-electron chi connectivity index (χ3n) is 5.76. The molecular formula is C21H22N2O5S. The first-order valence-electron chi connectivity index (χ1n) is 9.26. The van der Waals surface area contributed by atoms with Gasteiger partial charge in [-0.05, 0) is 48.9 Å². The smallest absolute Gasteiger partial charge is 0.335 e. The van der Waals surface area contributed by atoms with Crippen LogP contribution in [0.4, 0.5) is 0 Å². The third kappa shape index (κ3) is 4.13. The molecule has 8 heteroatoms. The zero-order chi connectivity index (χ0) is 21.0. The van der Waals surface area contributed by atoms with Crippen molar-refractivity contribution in [2.24, 2.45) is 5.41 Å². The summed E-state index contributed by atoms with van der Waals surface area (Å²) in [6, 6.07) is 13.8. The fraction of sp³-hybridized carbons (Fsp3) is 0.333. The first-order valence-corrected chi connectivity index (χ1v) is 9.92. The lowest BCUT2D eigenvalue weighted by molar-refractivity contribution is -0.136. The van der Waals surface area contributed by atoms with Gasteiger partial charge < -0.3 is 4.90 Å². The van der Waals surface area contributed by atoms with Gasteiger partial charge in [-0.25, -0.2) is 5.48 Å². The van der Waals surface area contributed by atoms with E-state index in [0.717, 1.165) is 29.7 Å². The number of rotatable bonds is 3. The Kier molecular flexibility index (Phi) is 6.24. The Morgan fingerprint density at radius 3 is 2.52 bits per heavy atom. The molecule has 2 aromatic rings. The molecule has 4 rings (SSSR count). The highest BCUT2D eigenvalue weighted by Crippen LogP contribution is 2.46. The number of carbonyl (C=O) groups is 2. The normalized spacial score (nSPS) is 19.5. The van der Waals surface area contributed by atoms with Crippen LogP contribution in [-0.2, 0) is 35.8 Å². The number of likely N-dealkylation sites (tertiary alicyclic amines) is 1. The van der Waals surface area contributed by atoms with Crippen molar-refractivity contribution in [1.82, 2.24) is 10.4 Å². The molecule has 2 aromatic carbocycles. The lowest BCUT2D eigenvalue weighted by Gasteiger charge is -2.23. The van der Waals surface area contributed by atoms with Crippen LogP contribution in [0.5, 0.6) is 0 Å². The first kappa shape index (κ1) is 20.9. The zero-order valence-corrected chi connectivity index (χ0v) is 16.8. The van der Waals surface area contributed by atoms with Crippen LogP contribution >= 0.6 is 0 Å². The van der Waals surface area contributed by atoms with Gasteiger partial charge in [0.2, 0.25) is 5.91 Å². The number of benzene rings is 2. The van der Waals surface area contributed by atoms with Gasteiger partial charge in [0.25, 0.3) is 5.91 Å². The molecule has 1 atom stereocenters. The average molecular weight is 414 g/mol. The number of nitrogens with zero attached hydrogens (tertiary/aromatic N) is 1. The minimum absolute atomic E-state index is 0.171. The molecule has 2 amide bonds. The Bertz CT molecular complexity index is 970. The summed E-state index contributed by atoms with van der Waals surface area (Å²) in [7, 11) is 0. The number of hydroxylamine groups is 1. The molecule has 1 unspecified atom stereocenters. The van der Waals surface area contributed by atoms with Crippen molar-refractivity contribution in [2.45, 2.75) is 32.7 Å². The first-order chi connectivity index (χ1) is 13.9. The van der Waals surface area contributed by atoms with Gasteiger partial charge in [-0.3, -0.25) is 14.8 Å². The molecule has 1 saturated heterocycles. The largest absolute Gasteiger partial charge is 0.338 e. The Labute approximate surface area is 172 Å². The lowest BCUT2D eigenvalue weighted by Crippen LogP contribution is -2.35. The van der Waals surface area contributed by atoms with E-state index < -0.39 is 22.9 Å². The summed E-state index contributed by atoms with van der Waals surface area (Å²) in [5.74, 6) is -0.342. The molecule has 1 heterocycles. The second-order valence-corrected chi connectivity index (χ2v) is 7.68. The number of hydrogen-bond acceptors (Lipinski definition) is 5. The lowest BCUT2D eigenvalue weighted by atomic mass is 9.83. The fourth-order valence-corrected chi connectivity index (χ4v) is 4.33. The van der Waals surface area contributed by atoms with Gasteiger partial charge in [-0.1, -0.05) is 42.0 Å². The van der Waals surface area contributed by atoms with Gasteiger partial charge >= 0.3 is 11.6 Å². The average Bonchev–Trinajstić information content (AvgIpc) is 3.24. The maximum atomic E-state index is 13.2. The van der Waals surface area contributed by atoms with Crippen LogP contribution in [0.3, 0.4) is 0 Å². The van der Waals surface area contributed by atoms with Gasteiger partial charge in [0.05, 0.1) is 5.41 Å². The van der Waals surface area contributed by atoms with Crippen LogP contribution in [-0.4, -0.2) is 36.9 Å². The highest BCUT2D eigenvalue weighted by atomic mass is 32.1. The summed E-state index contributed by atoms with van der Waals surface area (Å²) in [4.78, 5) is 27.1. The molecule has 1 fully saturated rings. The van der Waals surface area contributed by atoms with Crippen molar-refractivity contribution < 1.29 is 23.2 Å². The van der Waals surface area contributed by atoms with E-state index in [1.807, 2.05) is 17.0 Å². The van der Waals surface area contributed by atoms with E-state index in [4.69, 9.17) is 13.6 Å². The van der Waals surface area contributed by atoms with Crippen molar-refractivity contribution in [3.8, 4) is 0 Å². The monoisotopic (exact) mass is 414 g/mol. The van der Waals surface area contributed by atoms with Crippen molar-refractivity contribution in [3.63, 3.8) is 0 Å². The second kappa shape index (κ2) is 8.67. The summed E-state index contributed by atoms with van der Waals surface area (Å²) in [5, 5.41) is 8.98. The SMILES string of the molecule is Cc1ccc(CN2CCC3(Cc4cccc(C(=O)NO)c4C3)C2=O)cc1.O=S=O. The molecule has 0 bridgehead atoms. The fourth-order valence-electron chi connectivity index (χ4n) is 4.33. The van der Waals surface area contributed by atoms with Crippen LogP contribution in [0, 0.1) is 12.3 Å². The highest BCUT2D eigenvalue weighted by molar-refractivity contribution is 7.51. The van der Waals surface area contributed by atoms with E-state index in [1.165, 1.54) is 5.56 Å². The van der Waals surface area contributed by atoms with Crippen LogP contribution in [0.25, 0.3) is 0 Å². The molecule has 0 radical (unpaired) electrons. The molecule has 2 aliphatic rings. The Balaban J connectivity index is 0.000000755. The van der Waals surface area contributed by atoms with E-state index in [-0.39, 0.29) is 5.91 Å². The number of nitrogens with one attached hydrogen (secondary N) is 1. The molecule has 0 saturated carbocycles. The maximum absolute atomic E-state index is 13.2. The number of amides is 2. The minimum Gasteiger partial charge on any atom is -0.338 e. The molecule has 1 spiro atoms. The van der Waals surface area contributed by atoms with Gasteiger partial charge in [0.1, 0.15) is 0 Å². The van der Waals surface area contributed by atoms with Crippen LogP contribution < -0.4 is 5.48 Å². The van der Waals surface area contributed by atoms with Crippen LogP contribution in [0.2, 0.25) is 0 Å². The van der Waals surface area contributed by atoms with Gasteiger partial charge in [-0.2, -0.15) is 8.42 Å².